The van der Waals surface area contributed by atoms with Gasteiger partial charge in [-0.2, -0.15) is 0 Å². The summed E-state index contributed by atoms with van der Waals surface area (Å²) in [5.74, 6) is -0.345. The number of ether oxygens (including phenoxy) is 1. The van der Waals surface area contributed by atoms with E-state index in [9.17, 15) is 9.59 Å². The van der Waals surface area contributed by atoms with Gasteiger partial charge in [0.2, 0.25) is 0 Å². The minimum absolute atomic E-state index is 0.0882. The first-order valence-corrected chi connectivity index (χ1v) is 5.03. The van der Waals surface area contributed by atoms with Gasteiger partial charge in [-0.15, -0.1) is 0 Å². The molecule has 3 nitrogen and oxygen atoms in total. The van der Waals surface area contributed by atoms with Crippen molar-refractivity contribution in [3.63, 3.8) is 0 Å². The maximum absolute atomic E-state index is 11.2. The molecule has 0 fully saturated rings. The van der Waals surface area contributed by atoms with Crippen LogP contribution in [0.2, 0.25) is 0 Å². The van der Waals surface area contributed by atoms with Gasteiger partial charge in [-0.3, -0.25) is 9.59 Å². The summed E-state index contributed by atoms with van der Waals surface area (Å²) in [6.07, 6.45) is 1.72. The number of rotatable bonds is 2. The van der Waals surface area contributed by atoms with E-state index < -0.39 is 0 Å². The summed E-state index contributed by atoms with van der Waals surface area (Å²) < 4.78 is 5.02. The molecule has 0 heterocycles. The van der Waals surface area contributed by atoms with Crippen molar-refractivity contribution in [3.05, 3.63) is 10.8 Å². The van der Waals surface area contributed by atoms with Crippen LogP contribution in [0.1, 0.15) is 33.1 Å². The summed E-state index contributed by atoms with van der Waals surface area (Å²) in [5.41, 5.74) is 0. The van der Waals surface area contributed by atoms with Crippen LogP contribution in [0.15, 0.2) is 10.8 Å². The molecular formula is C10H13ClO3. The number of carbonyl (C=O) groups excluding carboxylic acids is 2. The number of halogens is 1. The molecule has 1 aliphatic carbocycles. The summed E-state index contributed by atoms with van der Waals surface area (Å²) in [4.78, 5) is 22.4. The Morgan fingerprint density at radius 1 is 1.43 bits per heavy atom. The van der Waals surface area contributed by atoms with Crippen molar-refractivity contribution in [2.24, 2.45) is 5.92 Å². The van der Waals surface area contributed by atoms with Crippen LogP contribution in [0.5, 0.6) is 0 Å². The minimum Gasteiger partial charge on any atom is -0.429 e. The highest BCUT2D eigenvalue weighted by molar-refractivity contribution is 6.43. The van der Waals surface area contributed by atoms with Crippen molar-refractivity contribution in [3.8, 4) is 0 Å². The number of carbonyl (C=O) groups is 2. The monoisotopic (exact) mass is 216 g/mol. The normalized spacial score (nSPS) is 17.6. The molecule has 0 unspecified atom stereocenters. The highest BCUT2D eigenvalue weighted by Gasteiger charge is 2.22. The molecule has 0 saturated heterocycles. The smallest absolute Gasteiger partial charge is 0.313 e. The molecule has 0 saturated carbocycles. The third-order valence-electron chi connectivity index (χ3n) is 1.99. The molecule has 0 radical (unpaired) electrons. The molecule has 78 valence electrons. The predicted molar refractivity (Wildman–Crippen MR) is 52.7 cm³/mol. The van der Waals surface area contributed by atoms with Crippen molar-refractivity contribution in [2.45, 2.75) is 33.1 Å². The molecule has 0 bridgehead atoms. The Bertz CT molecular complexity index is 292. The lowest BCUT2D eigenvalue weighted by molar-refractivity contribution is -0.143. The predicted octanol–water partition coefficient (Wildman–Crippen LogP) is 2.39. The maximum Gasteiger partial charge on any atom is 0.313 e. The molecule has 0 aromatic heterocycles. The van der Waals surface area contributed by atoms with E-state index in [1.807, 2.05) is 0 Å². The first kappa shape index (κ1) is 11.2. The molecule has 0 aromatic carbocycles. The molecule has 0 amide bonds. The van der Waals surface area contributed by atoms with E-state index in [1.54, 1.807) is 13.8 Å². The van der Waals surface area contributed by atoms with Gasteiger partial charge in [0, 0.05) is 12.8 Å². The van der Waals surface area contributed by atoms with E-state index in [0.717, 1.165) is 0 Å². The summed E-state index contributed by atoms with van der Waals surface area (Å²) in [5, 5.41) is 0.0882. The van der Waals surface area contributed by atoms with Crippen molar-refractivity contribution < 1.29 is 14.3 Å². The van der Waals surface area contributed by atoms with Crippen LogP contribution < -0.4 is 0 Å². The summed E-state index contributed by atoms with van der Waals surface area (Å²) in [7, 11) is 0. The molecule has 1 aliphatic rings. The lowest BCUT2D eigenvalue weighted by Gasteiger charge is -2.15. The van der Waals surface area contributed by atoms with Crippen LogP contribution in [-0.4, -0.2) is 11.8 Å². The highest BCUT2D eigenvalue weighted by Crippen LogP contribution is 2.26. The molecule has 0 atom stereocenters. The van der Waals surface area contributed by atoms with Crippen molar-refractivity contribution in [1.82, 2.24) is 0 Å². The average Bonchev–Trinajstić information content (AvgIpc) is 2.12. The molecule has 4 heteroatoms. The fourth-order valence-electron chi connectivity index (χ4n) is 1.12. The second-order valence-electron chi connectivity index (χ2n) is 3.59. The fraction of sp³-hybridized carbons (Fsp3) is 0.600. The Kier molecular flexibility index (Phi) is 3.69. The van der Waals surface area contributed by atoms with E-state index in [-0.39, 0.29) is 22.7 Å². The summed E-state index contributed by atoms with van der Waals surface area (Å²) in [6, 6.07) is 0. The Hall–Kier alpha value is -0.830. The van der Waals surface area contributed by atoms with Crippen LogP contribution in [0, 0.1) is 5.92 Å². The number of hydrogen-bond acceptors (Lipinski definition) is 3. The lowest BCUT2D eigenvalue weighted by atomic mass is 10.0. The van der Waals surface area contributed by atoms with Crippen LogP contribution in [0.3, 0.4) is 0 Å². The highest BCUT2D eigenvalue weighted by atomic mass is 35.5. The minimum atomic E-state index is -0.340. The van der Waals surface area contributed by atoms with Gasteiger partial charge in [0.05, 0.1) is 5.92 Å². The van der Waals surface area contributed by atoms with E-state index in [4.69, 9.17) is 16.3 Å². The van der Waals surface area contributed by atoms with Gasteiger partial charge in [0.25, 0.3) is 0 Å². The molecule has 0 spiro atoms. The van der Waals surface area contributed by atoms with Gasteiger partial charge in [-0.05, 0) is 6.42 Å². The third-order valence-corrected chi connectivity index (χ3v) is 2.41. The lowest BCUT2D eigenvalue weighted by Crippen LogP contribution is -2.16. The summed E-state index contributed by atoms with van der Waals surface area (Å²) >= 11 is 5.73. The van der Waals surface area contributed by atoms with Crippen LogP contribution >= 0.6 is 11.6 Å². The maximum atomic E-state index is 11.2. The second kappa shape index (κ2) is 4.60. The molecule has 1 rings (SSSR count). The standard InChI is InChI=1S/C10H13ClO3/c1-6(2)10(13)14-8-5-3-4-7(12)9(8)11/h6H,3-5H2,1-2H3. The topological polar surface area (TPSA) is 43.4 Å². The van der Waals surface area contributed by atoms with Crippen molar-refractivity contribution in [1.29, 1.82) is 0 Å². The van der Waals surface area contributed by atoms with Gasteiger partial charge in [0.1, 0.15) is 10.8 Å². The molecular weight excluding hydrogens is 204 g/mol. The Morgan fingerprint density at radius 2 is 2.07 bits per heavy atom. The quantitative estimate of drug-likeness (QED) is 0.666. The van der Waals surface area contributed by atoms with Gasteiger partial charge >= 0.3 is 5.97 Å². The zero-order chi connectivity index (χ0) is 10.7. The SMILES string of the molecule is CC(C)C(=O)OC1=C(Cl)C(=O)CCC1. The van der Waals surface area contributed by atoms with Gasteiger partial charge in [-0.1, -0.05) is 25.4 Å². The molecule has 14 heavy (non-hydrogen) atoms. The van der Waals surface area contributed by atoms with E-state index in [2.05, 4.69) is 0 Å². The number of ketones is 1. The fourth-order valence-corrected chi connectivity index (χ4v) is 1.35. The van der Waals surface area contributed by atoms with Gasteiger partial charge < -0.3 is 4.74 Å². The van der Waals surface area contributed by atoms with Crippen molar-refractivity contribution >= 4 is 23.4 Å². The molecule has 0 aromatic rings. The largest absolute Gasteiger partial charge is 0.429 e. The number of hydrogen-bond donors (Lipinski definition) is 0. The van der Waals surface area contributed by atoms with Crippen LogP contribution in [0.4, 0.5) is 0 Å². The Balaban J connectivity index is 2.72. The summed E-state index contributed by atoms with van der Waals surface area (Å²) in [6.45, 7) is 3.48. The number of allylic oxidation sites excluding steroid dienone is 2. The van der Waals surface area contributed by atoms with Crippen LogP contribution in [0.25, 0.3) is 0 Å². The number of esters is 1. The van der Waals surface area contributed by atoms with E-state index in [0.29, 0.717) is 25.0 Å². The van der Waals surface area contributed by atoms with E-state index >= 15 is 0 Å². The zero-order valence-electron chi connectivity index (χ0n) is 8.30. The first-order valence-electron chi connectivity index (χ1n) is 4.66. The van der Waals surface area contributed by atoms with Crippen molar-refractivity contribution in [2.75, 3.05) is 0 Å². The molecule has 0 aliphatic heterocycles. The average molecular weight is 217 g/mol. The second-order valence-corrected chi connectivity index (χ2v) is 3.97. The Morgan fingerprint density at radius 3 is 2.64 bits per heavy atom. The molecule has 0 N–H and O–H groups in total. The van der Waals surface area contributed by atoms with Gasteiger partial charge in [0.15, 0.2) is 5.78 Å². The van der Waals surface area contributed by atoms with E-state index in [1.165, 1.54) is 0 Å². The van der Waals surface area contributed by atoms with Crippen LogP contribution in [-0.2, 0) is 14.3 Å². The number of Topliss-reactive ketones (excluding diaryl/α,β-unsaturated/α-hetero) is 1. The third kappa shape index (κ3) is 2.58. The Labute approximate surface area is 88.1 Å². The zero-order valence-corrected chi connectivity index (χ0v) is 9.06. The van der Waals surface area contributed by atoms with Gasteiger partial charge in [-0.25, -0.2) is 0 Å². The first-order chi connectivity index (χ1) is 6.52.